The fraction of sp³-hybridized carbons (Fsp3) is 0.133. The Morgan fingerprint density at radius 2 is 1.95 bits per heavy atom. The maximum Gasteiger partial charge on any atom is 0.170 e. The third-order valence-electron chi connectivity index (χ3n) is 3.41. The molecule has 2 aromatic carbocycles. The Labute approximate surface area is 114 Å². The Hall–Kier alpha value is -2.43. The third kappa shape index (κ3) is 2.01. The van der Waals surface area contributed by atoms with Gasteiger partial charge in [0.1, 0.15) is 11.6 Å². The van der Waals surface area contributed by atoms with Crippen molar-refractivity contribution in [2.75, 3.05) is 11.1 Å². The molecule has 0 bridgehead atoms. The van der Waals surface area contributed by atoms with Crippen LogP contribution < -0.4 is 11.1 Å². The van der Waals surface area contributed by atoms with Crippen molar-refractivity contribution in [3.05, 3.63) is 59.2 Å². The van der Waals surface area contributed by atoms with Gasteiger partial charge >= 0.3 is 0 Å². The van der Waals surface area contributed by atoms with Crippen molar-refractivity contribution in [1.82, 2.24) is 0 Å². The smallest absolute Gasteiger partial charge is 0.170 e. The lowest BCUT2D eigenvalue weighted by atomic mass is 9.91. The summed E-state index contributed by atoms with van der Waals surface area (Å²) >= 11 is 0. The molecule has 3 nitrogen and oxygen atoms in total. The van der Waals surface area contributed by atoms with E-state index in [1.807, 2.05) is 0 Å². The molecule has 3 rings (SSSR count). The first kappa shape index (κ1) is 12.6. The normalized spacial score (nSPS) is 17.5. The average Bonchev–Trinajstić information content (AvgIpc) is 2.38. The zero-order valence-electron chi connectivity index (χ0n) is 10.5. The first-order valence-electron chi connectivity index (χ1n) is 6.19. The van der Waals surface area contributed by atoms with Gasteiger partial charge in [0.15, 0.2) is 5.78 Å². The van der Waals surface area contributed by atoms with Gasteiger partial charge in [-0.3, -0.25) is 4.79 Å². The van der Waals surface area contributed by atoms with E-state index < -0.39 is 17.7 Å². The van der Waals surface area contributed by atoms with Crippen molar-refractivity contribution in [2.24, 2.45) is 0 Å². The second-order valence-corrected chi connectivity index (χ2v) is 4.77. The molecule has 0 aliphatic carbocycles. The number of carbonyl (C=O) groups is 1. The Kier molecular flexibility index (Phi) is 2.89. The molecule has 0 radical (unpaired) electrons. The van der Waals surface area contributed by atoms with Crippen molar-refractivity contribution < 1.29 is 13.6 Å². The molecule has 1 aliphatic heterocycles. The van der Waals surface area contributed by atoms with Crippen LogP contribution >= 0.6 is 0 Å². The molecule has 20 heavy (non-hydrogen) atoms. The number of hydrogen-bond acceptors (Lipinski definition) is 3. The van der Waals surface area contributed by atoms with Crippen LogP contribution in [0.2, 0.25) is 0 Å². The van der Waals surface area contributed by atoms with Crippen LogP contribution in [0.15, 0.2) is 36.4 Å². The predicted molar refractivity (Wildman–Crippen MR) is 72.5 cm³/mol. The maximum absolute atomic E-state index is 13.9. The Balaban J connectivity index is 2.01. The Morgan fingerprint density at radius 1 is 1.15 bits per heavy atom. The molecule has 1 aliphatic rings. The van der Waals surface area contributed by atoms with Crippen LogP contribution in [-0.4, -0.2) is 5.78 Å². The standard InChI is InChI=1S/C15H12F2N2O/c16-10-2-1-3-12-15(10)14(20)7-13(19-12)9-5-4-8(18)6-11(9)17/h1-6,13,19H,7,18H2. The summed E-state index contributed by atoms with van der Waals surface area (Å²) in [7, 11) is 0. The van der Waals surface area contributed by atoms with E-state index >= 15 is 0 Å². The highest BCUT2D eigenvalue weighted by Crippen LogP contribution is 2.35. The molecule has 1 heterocycles. The van der Waals surface area contributed by atoms with Crippen molar-refractivity contribution >= 4 is 17.2 Å². The number of fused-ring (bicyclic) bond motifs is 1. The molecule has 2 aromatic rings. The SMILES string of the molecule is Nc1ccc(C2CC(=O)c3c(F)cccc3N2)c(F)c1. The highest BCUT2D eigenvalue weighted by molar-refractivity contribution is 6.03. The van der Waals surface area contributed by atoms with Crippen LogP contribution in [0.4, 0.5) is 20.2 Å². The van der Waals surface area contributed by atoms with Crippen LogP contribution in [0.3, 0.4) is 0 Å². The number of carbonyl (C=O) groups excluding carboxylic acids is 1. The highest BCUT2D eigenvalue weighted by Gasteiger charge is 2.29. The van der Waals surface area contributed by atoms with E-state index in [9.17, 15) is 13.6 Å². The third-order valence-corrected chi connectivity index (χ3v) is 3.41. The molecule has 0 fully saturated rings. The molecule has 0 saturated heterocycles. The highest BCUT2D eigenvalue weighted by atomic mass is 19.1. The van der Waals surface area contributed by atoms with Crippen LogP contribution in [-0.2, 0) is 0 Å². The summed E-state index contributed by atoms with van der Waals surface area (Å²) in [5, 5.41) is 3.00. The van der Waals surface area contributed by atoms with Gasteiger partial charge in [-0.15, -0.1) is 0 Å². The van der Waals surface area contributed by atoms with Gasteiger partial charge < -0.3 is 11.1 Å². The van der Waals surface area contributed by atoms with Gasteiger partial charge in [0.05, 0.1) is 11.6 Å². The fourth-order valence-electron chi connectivity index (χ4n) is 2.47. The lowest BCUT2D eigenvalue weighted by Gasteiger charge is -2.27. The lowest BCUT2D eigenvalue weighted by Crippen LogP contribution is -2.24. The summed E-state index contributed by atoms with van der Waals surface area (Å²) in [5.41, 5.74) is 6.61. The summed E-state index contributed by atoms with van der Waals surface area (Å²) in [6, 6.07) is 8.17. The summed E-state index contributed by atoms with van der Waals surface area (Å²) in [6.07, 6.45) is 0.00870. The van der Waals surface area contributed by atoms with Crippen molar-refractivity contribution in [3.8, 4) is 0 Å². The monoisotopic (exact) mass is 274 g/mol. The fourth-order valence-corrected chi connectivity index (χ4v) is 2.47. The molecular weight excluding hydrogens is 262 g/mol. The van der Waals surface area contributed by atoms with Gasteiger partial charge in [0, 0.05) is 23.4 Å². The van der Waals surface area contributed by atoms with E-state index in [4.69, 9.17) is 5.73 Å². The summed E-state index contributed by atoms with van der Waals surface area (Å²) in [5.74, 6) is -1.37. The molecule has 3 N–H and O–H groups in total. The largest absolute Gasteiger partial charge is 0.399 e. The van der Waals surface area contributed by atoms with E-state index in [1.165, 1.54) is 18.2 Å². The van der Waals surface area contributed by atoms with Gasteiger partial charge in [0.2, 0.25) is 0 Å². The zero-order valence-corrected chi connectivity index (χ0v) is 10.5. The number of Topliss-reactive ketones (excluding diaryl/α,β-unsaturated/α-hetero) is 1. The number of nitrogen functional groups attached to an aromatic ring is 1. The number of nitrogens with one attached hydrogen (secondary N) is 1. The van der Waals surface area contributed by atoms with Crippen LogP contribution in [0.25, 0.3) is 0 Å². The number of ketones is 1. The number of anilines is 2. The second kappa shape index (κ2) is 4.59. The van der Waals surface area contributed by atoms with Crippen molar-refractivity contribution in [3.63, 3.8) is 0 Å². The summed E-state index contributed by atoms with van der Waals surface area (Å²) < 4.78 is 27.5. The second-order valence-electron chi connectivity index (χ2n) is 4.77. The number of halogens is 2. The minimum atomic E-state index is -0.559. The van der Waals surface area contributed by atoms with Crippen LogP contribution in [0.5, 0.6) is 0 Å². The topological polar surface area (TPSA) is 55.1 Å². The van der Waals surface area contributed by atoms with Gasteiger partial charge in [-0.05, 0) is 24.3 Å². The molecule has 0 saturated carbocycles. The van der Waals surface area contributed by atoms with E-state index in [2.05, 4.69) is 5.32 Å². The predicted octanol–water partition coefficient (Wildman–Crippen LogP) is 3.29. The molecule has 102 valence electrons. The van der Waals surface area contributed by atoms with E-state index in [0.29, 0.717) is 16.9 Å². The molecule has 0 spiro atoms. The number of rotatable bonds is 1. The minimum absolute atomic E-state index is 0.00870. The van der Waals surface area contributed by atoms with Crippen molar-refractivity contribution in [2.45, 2.75) is 12.5 Å². The van der Waals surface area contributed by atoms with Gasteiger partial charge in [-0.1, -0.05) is 12.1 Å². The van der Waals surface area contributed by atoms with Crippen molar-refractivity contribution in [1.29, 1.82) is 0 Å². The maximum atomic E-state index is 13.9. The zero-order chi connectivity index (χ0) is 14.3. The van der Waals surface area contributed by atoms with Gasteiger partial charge in [-0.25, -0.2) is 8.78 Å². The van der Waals surface area contributed by atoms with E-state index in [0.717, 1.165) is 0 Å². The summed E-state index contributed by atoms with van der Waals surface area (Å²) in [4.78, 5) is 12.0. The number of hydrogen-bond donors (Lipinski definition) is 2. The Bertz CT molecular complexity index is 700. The first-order chi connectivity index (χ1) is 9.56. The molecule has 1 atom stereocenters. The quantitative estimate of drug-likeness (QED) is 0.785. The molecule has 0 aromatic heterocycles. The number of benzene rings is 2. The van der Waals surface area contributed by atoms with Crippen LogP contribution in [0.1, 0.15) is 28.4 Å². The van der Waals surface area contributed by atoms with E-state index in [-0.39, 0.29) is 17.8 Å². The number of nitrogens with two attached hydrogens (primary N) is 1. The summed E-state index contributed by atoms with van der Waals surface area (Å²) in [6.45, 7) is 0. The Morgan fingerprint density at radius 3 is 2.70 bits per heavy atom. The van der Waals surface area contributed by atoms with Crippen LogP contribution in [0, 0.1) is 11.6 Å². The molecule has 0 amide bonds. The molecule has 1 unspecified atom stereocenters. The van der Waals surface area contributed by atoms with Gasteiger partial charge in [0.25, 0.3) is 0 Å². The first-order valence-corrected chi connectivity index (χ1v) is 6.19. The van der Waals surface area contributed by atoms with Gasteiger partial charge in [-0.2, -0.15) is 0 Å². The van der Waals surface area contributed by atoms with E-state index in [1.54, 1.807) is 18.2 Å². The minimum Gasteiger partial charge on any atom is -0.399 e. The molecule has 5 heteroatoms. The molecular formula is C15H12F2N2O. The lowest BCUT2D eigenvalue weighted by molar-refractivity contribution is 0.0968. The average molecular weight is 274 g/mol.